The molecule has 2 aromatic carbocycles. The van der Waals surface area contributed by atoms with Crippen molar-refractivity contribution in [3.05, 3.63) is 58.9 Å². The van der Waals surface area contributed by atoms with Gasteiger partial charge in [0.15, 0.2) is 5.65 Å². The molecule has 0 bridgehead atoms. The van der Waals surface area contributed by atoms with Crippen LogP contribution in [0.3, 0.4) is 0 Å². The second-order valence-corrected chi connectivity index (χ2v) is 8.92. The zero-order valence-electron chi connectivity index (χ0n) is 18.8. The molecule has 1 unspecified atom stereocenters. The highest BCUT2D eigenvalue weighted by molar-refractivity contribution is 6.13. The van der Waals surface area contributed by atoms with Crippen LogP contribution in [0.5, 0.6) is 0 Å². The van der Waals surface area contributed by atoms with Crippen molar-refractivity contribution in [3.8, 4) is 5.69 Å². The zero-order valence-corrected chi connectivity index (χ0v) is 18.8. The third-order valence-corrected chi connectivity index (χ3v) is 6.58. The normalized spacial score (nSPS) is 17.1. The lowest BCUT2D eigenvalue weighted by molar-refractivity contribution is 0.239. The summed E-state index contributed by atoms with van der Waals surface area (Å²) in [7, 11) is 0. The second-order valence-electron chi connectivity index (χ2n) is 8.92. The van der Waals surface area contributed by atoms with Crippen LogP contribution >= 0.6 is 0 Å². The van der Waals surface area contributed by atoms with E-state index in [-0.39, 0.29) is 12.6 Å². The van der Waals surface area contributed by atoms with Crippen molar-refractivity contribution in [3.63, 3.8) is 0 Å². The van der Waals surface area contributed by atoms with E-state index in [1.54, 1.807) is 0 Å². The molecule has 1 saturated heterocycles. The molecule has 0 saturated carbocycles. The number of aromatic nitrogens is 3. The Labute approximate surface area is 183 Å². The summed E-state index contributed by atoms with van der Waals surface area (Å²) < 4.78 is 2.31. The number of rotatable bonds is 3. The molecule has 5 heteroatoms. The Hall–Kier alpha value is -2.92. The average Bonchev–Trinajstić information content (AvgIpc) is 3.06. The molecule has 1 aliphatic rings. The molecule has 0 amide bonds. The molecule has 0 aliphatic carbocycles. The Morgan fingerprint density at radius 2 is 1.74 bits per heavy atom. The van der Waals surface area contributed by atoms with Gasteiger partial charge in [-0.05, 0) is 64.2 Å². The lowest BCUT2D eigenvalue weighted by Crippen LogP contribution is -2.42. The van der Waals surface area contributed by atoms with Gasteiger partial charge in [0.2, 0.25) is 0 Å². The van der Waals surface area contributed by atoms with Gasteiger partial charge in [-0.25, -0.2) is 9.97 Å². The van der Waals surface area contributed by atoms with Gasteiger partial charge in [0, 0.05) is 11.9 Å². The smallest absolute Gasteiger partial charge is 0.151 e. The molecule has 1 fully saturated rings. The molecule has 4 aromatic rings. The van der Waals surface area contributed by atoms with Crippen molar-refractivity contribution in [2.45, 2.75) is 53.0 Å². The van der Waals surface area contributed by atoms with Crippen LogP contribution in [-0.4, -0.2) is 38.8 Å². The van der Waals surface area contributed by atoms with Crippen LogP contribution in [0.25, 0.3) is 27.6 Å². The van der Waals surface area contributed by atoms with Crippen molar-refractivity contribution in [1.29, 1.82) is 0 Å². The molecular formula is C26H30N4O. The predicted octanol–water partition coefficient (Wildman–Crippen LogP) is 5.16. The Bertz CT molecular complexity index is 1270. The average molecular weight is 415 g/mol. The number of piperidine rings is 1. The highest BCUT2D eigenvalue weighted by atomic mass is 16.3. The molecule has 3 heterocycles. The van der Waals surface area contributed by atoms with E-state index in [9.17, 15) is 5.11 Å². The standard InChI is InChI=1S/C26H30N4O/c1-16-13-17(2)24(18(3)14-16)30-22-11-6-5-10-21(22)23-25(27-19(4)28-26(23)30)29-12-8-7-9-20(29)15-31/h5-6,10-11,13-14,20,31H,7-9,12,15H2,1-4H3. The fraction of sp³-hybridized carbons (Fsp3) is 0.385. The van der Waals surface area contributed by atoms with E-state index in [2.05, 4.69) is 66.6 Å². The minimum atomic E-state index is 0.108. The van der Waals surface area contributed by atoms with Crippen LogP contribution in [0.4, 0.5) is 5.82 Å². The van der Waals surface area contributed by atoms with E-state index in [4.69, 9.17) is 9.97 Å². The van der Waals surface area contributed by atoms with Gasteiger partial charge in [0.1, 0.15) is 11.6 Å². The Morgan fingerprint density at radius 3 is 2.48 bits per heavy atom. The third kappa shape index (κ3) is 3.19. The first-order valence-electron chi connectivity index (χ1n) is 11.2. The van der Waals surface area contributed by atoms with Gasteiger partial charge >= 0.3 is 0 Å². The molecule has 1 N–H and O–H groups in total. The number of aliphatic hydroxyl groups excluding tert-OH is 1. The van der Waals surface area contributed by atoms with Gasteiger partial charge in [0.25, 0.3) is 0 Å². The number of aryl methyl sites for hydroxylation is 4. The number of para-hydroxylation sites is 1. The third-order valence-electron chi connectivity index (χ3n) is 6.58. The highest BCUT2D eigenvalue weighted by Gasteiger charge is 2.28. The molecule has 0 spiro atoms. The van der Waals surface area contributed by atoms with Gasteiger partial charge in [-0.2, -0.15) is 0 Å². The predicted molar refractivity (Wildman–Crippen MR) is 127 cm³/mol. The number of nitrogens with zero attached hydrogens (tertiary/aromatic N) is 4. The molecule has 160 valence electrons. The quantitative estimate of drug-likeness (QED) is 0.503. The minimum absolute atomic E-state index is 0.108. The number of fused-ring (bicyclic) bond motifs is 3. The first-order chi connectivity index (χ1) is 15.0. The van der Waals surface area contributed by atoms with Crippen LogP contribution in [-0.2, 0) is 0 Å². The first kappa shape index (κ1) is 20.0. The fourth-order valence-electron chi connectivity index (χ4n) is 5.37. The monoisotopic (exact) mass is 414 g/mol. The fourth-order valence-corrected chi connectivity index (χ4v) is 5.37. The molecular weight excluding hydrogens is 384 g/mol. The van der Waals surface area contributed by atoms with E-state index < -0.39 is 0 Å². The van der Waals surface area contributed by atoms with E-state index in [0.29, 0.717) is 0 Å². The van der Waals surface area contributed by atoms with Crippen molar-refractivity contribution in [2.75, 3.05) is 18.1 Å². The Morgan fingerprint density at radius 1 is 1.00 bits per heavy atom. The number of aliphatic hydroxyl groups is 1. The zero-order chi connectivity index (χ0) is 21.7. The summed E-state index contributed by atoms with van der Waals surface area (Å²) in [5, 5.41) is 12.3. The van der Waals surface area contributed by atoms with Crippen LogP contribution in [0, 0.1) is 27.7 Å². The molecule has 31 heavy (non-hydrogen) atoms. The summed E-state index contributed by atoms with van der Waals surface area (Å²) in [6, 6.07) is 13.1. The van der Waals surface area contributed by atoms with Gasteiger partial charge < -0.3 is 10.0 Å². The number of anilines is 1. The van der Waals surface area contributed by atoms with Crippen molar-refractivity contribution in [2.24, 2.45) is 0 Å². The summed E-state index contributed by atoms with van der Waals surface area (Å²) in [6.07, 6.45) is 3.27. The molecule has 1 atom stereocenters. The van der Waals surface area contributed by atoms with E-state index in [0.717, 1.165) is 59.4 Å². The molecule has 0 radical (unpaired) electrons. The van der Waals surface area contributed by atoms with Gasteiger partial charge in [-0.3, -0.25) is 4.57 Å². The molecule has 5 rings (SSSR count). The molecule has 1 aliphatic heterocycles. The summed E-state index contributed by atoms with van der Waals surface area (Å²) in [5.41, 5.74) is 7.03. The lowest BCUT2D eigenvalue weighted by Gasteiger charge is -2.36. The van der Waals surface area contributed by atoms with Crippen molar-refractivity contribution < 1.29 is 5.11 Å². The summed E-state index contributed by atoms with van der Waals surface area (Å²) in [6.45, 7) is 9.54. The summed E-state index contributed by atoms with van der Waals surface area (Å²) >= 11 is 0. The maximum atomic E-state index is 10.1. The van der Waals surface area contributed by atoms with Crippen molar-refractivity contribution in [1.82, 2.24) is 14.5 Å². The Balaban J connectivity index is 1.90. The largest absolute Gasteiger partial charge is 0.394 e. The highest BCUT2D eigenvalue weighted by Crippen LogP contribution is 2.39. The van der Waals surface area contributed by atoms with E-state index in [1.165, 1.54) is 22.4 Å². The van der Waals surface area contributed by atoms with Crippen LogP contribution in [0.2, 0.25) is 0 Å². The van der Waals surface area contributed by atoms with Crippen LogP contribution in [0.1, 0.15) is 41.8 Å². The van der Waals surface area contributed by atoms with Crippen molar-refractivity contribution >= 4 is 27.8 Å². The van der Waals surface area contributed by atoms with Crippen LogP contribution in [0.15, 0.2) is 36.4 Å². The topological polar surface area (TPSA) is 54.2 Å². The van der Waals surface area contributed by atoms with E-state index >= 15 is 0 Å². The number of benzene rings is 2. The number of hydrogen-bond acceptors (Lipinski definition) is 4. The summed E-state index contributed by atoms with van der Waals surface area (Å²) in [4.78, 5) is 12.2. The Kier molecular flexibility index (Phi) is 4.94. The second kappa shape index (κ2) is 7.65. The minimum Gasteiger partial charge on any atom is -0.394 e. The molecule has 2 aromatic heterocycles. The van der Waals surface area contributed by atoms with Gasteiger partial charge in [-0.1, -0.05) is 35.9 Å². The SMILES string of the molecule is Cc1cc(C)c(-n2c3ccccc3c3c(N4CCCCC4CO)nc(C)nc32)c(C)c1. The maximum absolute atomic E-state index is 10.1. The summed E-state index contributed by atoms with van der Waals surface area (Å²) in [5.74, 6) is 1.72. The van der Waals surface area contributed by atoms with Gasteiger partial charge in [0.05, 0.1) is 29.2 Å². The maximum Gasteiger partial charge on any atom is 0.151 e. The van der Waals surface area contributed by atoms with E-state index in [1.807, 2.05) is 6.92 Å². The van der Waals surface area contributed by atoms with Crippen LogP contribution < -0.4 is 4.90 Å². The first-order valence-corrected chi connectivity index (χ1v) is 11.2. The number of hydrogen-bond donors (Lipinski definition) is 1. The van der Waals surface area contributed by atoms with Gasteiger partial charge in [-0.15, -0.1) is 0 Å². The lowest BCUT2D eigenvalue weighted by atomic mass is 10.0. The molecule has 5 nitrogen and oxygen atoms in total.